The largest absolute Gasteiger partial charge is 0.373 e. The number of rotatable bonds is 5. The molecule has 4 heteroatoms. The molecular weight excluding hydrogens is 348 g/mol. The minimum atomic E-state index is -0.0523. The van der Waals surface area contributed by atoms with Crippen molar-refractivity contribution in [1.82, 2.24) is 9.80 Å². The predicted octanol–water partition coefficient (Wildman–Crippen LogP) is 3.76. The van der Waals surface area contributed by atoms with E-state index in [9.17, 15) is 4.79 Å². The Morgan fingerprint density at radius 1 is 0.964 bits per heavy atom. The molecule has 2 aromatic rings. The number of hydrogen-bond acceptors (Lipinski definition) is 3. The number of likely N-dealkylation sites (tertiary alicyclic amines) is 1. The molecule has 0 aromatic heterocycles. The molecule has 2 aliphatic heterocycles. The molecule has 2 aromatic carbocycles. The summed E-state index contributed by atoms with van der Waals surface area (Å²) in [6.45, 7) is 4.35. The number of amides is 1. The van der Waals surface area contributed by atoms with E-state index in [0.29, 0.717) is 13.2 Å². The van der Waals surface area contributed by atoms with Gasteiger partial charge in [0, 0.05) is 19.2 Å². The molecule has 0 radical (unpaired) electrons. The van der Waals surface area contributed by atoms with Crippen molar-refractivity contribution < 1.29 is 9.53 Å². The molecular formula is C24H28N2O2. The Morgan fingerprint density at radius 3 is 2.36 bits per heavy atom. The molecule has 2 heterocycles. The maximum absolute atomic E-state index is 13.1. The molecule has 0 saturated carbocycles. The number of hydrogen-bond donors (Lipinski definition) is 0. The normalized spacial score (nSPS) is 23.4. The van der Waals surface area contributed by atoms with Crippen LogP contribution < -0.4 is 0 Å². The Hall–Kier alpha value is -2.43. The predicted molar refractivity (Wildman–Crippen MR) is 112 cm³/mol. The smallest absolute Gasteiger partial charge is 0.247 e. The van der Waals surface area contributed by atoms with Gasteiger partial charge < -0.3 is 14.5 Å². The van der Waals surface area contributed by atoms with Crippen molar-refractivity contribution in [3.8, 4) is 0 Å². The molecule has 146 valence electrons. The van der Waals surface area contributed by atoms with Crippen LogP contribution in [-0.4, -0.2) is 54.6 Å². The average Bonchev–Trinajstić information content (AvgIpc) is 3.26. The first-order valence-corrected chi connectivity index (χ1v) is 10.2. The SMILES string of the molecule is O=C(C=Cc1ccccc1)N1CCO[C@@H](CN2CCCC2)[C@@H]1c1ccccc1. The summed E-state index contributed by atoms with van der Waals surface area (Å²) in [7, 11) is 0. The van der Waals surface area contributed by atoms with E-state index in [2.05, 4.69) is 17.0 Å². The summed E-state index contributed by atoms with van der Waals surface area (Å²) in [6.07, 6.45) is 6.11. The Bertz CT molecular complexity index is 785. The molecule has 0 unspecified atom stereocenters. The van der Waals surface area contributed by atoms with Crippen LogP contribution in [0.4, 0.5) is 0 Å². The highest BCUT2D eigenvalue weighted by Gasteiger charge is 2.36. The fraction of sp³-hybridized carbons (Fsp3) is 0.375. The van der Waals surface area contributed by atoms with Crippen LogP contribution in [0, 0.1) is 0 Å². The molecule has 1 amide bonds. The highest BCUT2D eigenvalue weighted by molar-refractivity contribution is 5.92. The van der Waals surface area contributed by atoms with Crippen molar-refractivity contribution in [2.75, 3.05) is 32.8 Å². The lowest BCUT2D eigenvalue weighted by molar-refractivity contribution is -0.143. The fourth-order valence-corrected chi connectivity index (χ4v) is 4.23. The summed E-state index contributed by atoms with van der Waals surface area (Å²) in [4.78, 5) is 17.6. The Labute approximate surface area is 167 Å². The summed E-state index contributed by atoms with van der Waals surface area (Å²) in [6, 6.07) is 20.2. The first-order valence-electron chi connectivity index (χ1n) is 10.2. The van der Waals surface area contributed by atoms with E-state index in [-0.39, 0.29) is 18.1 Å². The molecule has 2 aliphatic rings. The zero-order valence-electron chi connectivity index (χ0n) is 16.2. The van der Waals surface area contributed by atoms with Crippen molar-refractivity contribution >= 4 is 12.0 Å². The molecule has 2 atom stereocenters. The van der Waals surface area contributed by atoms with Gasteiger partial charge in [-0.3, -0.25) is 4.79 Å². The van der Waals surface area contributed by atoms with Crippen LogP contribution in [0.1, 0.15) is 30.0 Å². The highest BCUT2D eigenvalue weighted by Crippen LogP contribution is 2.31. The zero-order valence-corrected chi connectivity index (χ0v) is 16.2. The second-order valence-corrected chi connectivity index (χ2v) is 7.55. The second kappa shape index (κ2) is 9.18. The van der Waals surface area contributed by atoms with Crippen LogP contribution >= 0.6 is 0 Å². The van der Waals surface area contributed by atoms with Gasteiger partial charge in [-0.1, -0.05) is 60.7 Å². The minimum Gasteiger partial charge on any atom is -0.373 e. The molecule has 2 saturated heterocycles. The topological polar surface area (TPSA) is 32.8 Å². The summed E-state index contributed by atoms with van der Waals surface area (Å²) >= 11 is 0. The van der Waals surface area contributed by atoms with Crippen molar-refractivity contribution in [2.24, 2.45) is 0 Å². The lowest BCUT2D eigenvalue weighted by atomic mass is 9.97. The van der Waals surface area contributed by atoms with Crippen LogP contribution in [0.3, 0.4) is 0 Å². The lowest BCUT2D eigenvalue weighted by Crippen LogP contribution is -2.51. The Balaban J connectivity index is 1.56. The standard InChI is InChI=1S/C24H28N2O2/c27-23(14-13-20-9-3-1-4-10-20)26-17-18-28-22(19-25-15-7-8-16-25)24(26)21-11-5-2-6-12-21/h1-6,9-14,22,24H,7-8,15-19H2/t22-,24-/m0/s1. The molecule has 0 aliphatic carbocycles. The summed E-state index contributed by atoms with van der Waals surface area (Å²) < 4.78 is 6.19. The molecule has 2 fully saturated rings. The summed E-state index contributed by atoms with van der Waals surface area (Å²) in [5.74, 6) is 0.0485. The maximum atomic E-state index is 13.1. The molecule has 4 nitrogen and oxygen atoms in total. The van der Waals surface area contributed by atoms with Crippen molar-refractivity contribution in [1.29, 1.82) is 0 Å². The van der Waals surface area contributed by atoms with Gasteiger partial charge >= 0.3 is 0 Å². The van der Waals surface area contributed by atoms with Gasteiger partial charge in [-0.05, 0) is 43.1 Å². The first kappa shape index (κ1) is 18.9. The molecule has 4 rings (SSSR count). The first-order chi connectivity index (χ1) is 13.8. The van der Waals surface area contributed by atoms with Crippen molar-refractivity contribution in [3.63, 3.8) is 0 Å². The van der Waals surface area contributed by atoms with Crippen LogP contribution in [0.15, 0.2) is 66.7 Å². The van der Waals surface area contributed by atoms with Crippen molar-refractivity contribution in [3.05, 3.63) is 77.9 Å². The number of benzene rings is 2. The minimum absolute atomic E-state index is 0.00308. The van der Waals surface area contributed by atoms with Gasteiger partial charge in [-0.25, -0.2) is 0 Å². The lowest BCUT2D eigenvalue weighted by Gasteiger charge is -2.42. The Morgan fingerprint density at radius 2 is 1.64 bits per heavy atom. The maximum Gasteiger partial charge on any atom is 0.247 e. The monoisotopic (exact) mass is 376 g/mol. The molecule has 0 N–H and O–H groups in total. The molecule has 0 spiro atoms. The number of ether oxygens (including phenoxy) is 1. The van der Waals surface area contributed by atoms with Gasteiger partial charge in [-0.15, -0.1) is 0 Å². The number of carbonyl (C=O) groups is 1. The zero-order chi connectivity index (χ0) is 19.2. The van der Waals surface area contributed by atoms with E-state index in [1.807, 2.05) is 59.5 Å². The van der Waals surface area contributed by atoms with E-state index in [1.165, 1.54) is 12.8 Å². The van der Waals surface area contributed by atoms with Gasteiger partial charge in [0.15, 0.2) is 0 Å². The van der Waals surface area contributed by atoms with Gasteiger partial charge in [-0.2, -0.15) is 0 Å². The average molecular weight is 377 g/mol. The van der Waals surface area contributed by atoms with Gasteiger partial charge in [0.2, 0.25) is 5.91 Å². The van der Waals surface area contributed by atoms with E-state index in [0.717, 1.165) is 30.8 Å². The number of morpholine rings is 1. The highest BCUT2D eigenvalue weighted by atomic mass is 16.5. The van der Waals surface area contributed by atoms with E-state index < -0.39 is 0 Å². The van der Waals surface area contributed by atoms with Crippen LogP contribution in [0.2, 0.25) is 0 Å². The van der Waals surface area contributed by atoms with Crippen LogP contribution in [0.5, 0.6) is 0 Å². The summed E-state index contributed by atoms with van der Waals surface area (Å²) in [5.41, 5.74) is 2.18. The van der Waals surface area contributed by atoms with Gasteiger partial charge in [0.05, 0.1) is 18.8 Å². The van der Waals surface area contributed by atoms with Gasteiger partial charge in [0.25, 0.3) is 0 Å². The van der Waals surface area contributed by atoms with E-state index in [4.69, 9.17) is 4.74 Å². The third kappa shape index (κ3) is 4.51. The third-order valence-corrected chi connectivity index (χ3v) is 5.63. The van der Waals surface area contributed by atoms with Crippen LogP contribution in [0.25, 0.3) is 6.08 Å². The second-order valence-electron chi connectivity index (χ2n) is 7.55. The Kier molecular flexibility index (Phi) is 6.20. The van der Waals surface area contributed by atoms with E-state index >= 15 is 0 Å². The molecule has 0 bridgehead atoms. The fourth-order valence-electron chi connectivity index (χ4n) is 4.23. The van der Waals surface area contributed by atoms with Crippen LogP contribution in [-0.2, 0) is 9.53 Å². The third-order valence-electron chi connectivity index (χ3n) is 5.63. The quantitative estimate of drug-likeness (QED) is 0.745. The van der Waals surface area contributed by atoms with Crippen molar-refractivity contribution in [2.45, 2.75) is 25.0 Å². The van der Waals surface area contributed by atoms with E-state index in [1.54, 1.807) is 6.08 Å². The van der Waals surface area contributed by atoms with Gasteiger partial charge in [0.1, 0.15) is 0 Å². The number of nitrogens with zero attached hydrogens (tertiary/aromatic N) is 2. The summed E-state index contributed by atoms with van der Waals surface area (Å²) in [5, 5.41) is 0. The number of carbonyl (C=O) groups excluding carboxylic acids is 1. The molecule has 28 heavy (non-hydrogen) atoms.